The summed E-state index contributed by atoms with van der Waals surface area (Å²) in [5.74, 6) is 0.359. The summed E-state index contributed by atoms with van der Waals surface area (Å²) in [5.41, 5.74) is 1.79. The lowest BCUT2D eigenvalue weighted by Crippen LogP contribution is -2.45. The largest absolute Gasteiger partial charge is 0.497 e. The third-order valence-electron chi connectivity index (χ3n) is 6.19. The number of methoxy groups -OCH3 is 1. The van der Waals surface area contributed by atoms with Gasteiger partial charge in [-0.2, -0.15) is 0 Å². The van der Waals surface area contributed by atoms with Crippen LogP contribution in [-0.2, 0) is 5.72 Å². The highest BCUT2D eigenvalue weighted by atomic mass is 35.5. The van der Waals surface area contributed by atoms with Crippen molar-refractivity contribution in [2.75, 3.05) is 24.0 Å². The van der Waals surface area contributed by atoms with Gasteiger partial charge in [0.15, 0.2) is 5.72 Å². The first-order valence-corrected chi connectivity index (χ1v) is 10.5. The van der Waals surface area contributed by atoms with Crippen LogP contribution in [0.3, 0.4) is 0 Å². The van der Waals surface area contributed by atoms with Gasteiger partial charge in [-0.3, -0.25) is 14.6 Å². The number of ether oxygens (including phenoxy) is 1. The van der Waals surface area contributed by atoms with E-state index < -0.39 is 11.8 Å². The van der Waals surface area contributed by atoms with E-state index in [0.717, 1.165) is 10.5 Å². The fraction of sp³-hybridized carbons (Fsp3) is 0.160. The van der Waals surface area contributed by atoms with E-state index in [0.29, 0.717) is 39.2 Å². The van der Waals surface area contributed by atoms with Gasteiger partial charge < -0.3 is 19.9 Å². The molecule has 10 heteroatoms. The van der Waals surface area contributed by atoms with Gasteiger partial charge in [-0.1, -0.05) is 30.3 Å². The summed E-state index contributed by atoms with van der Waals surface area (Å²) in [6.07, 6.45) is -1.16. The first-order valence-electron chi connectivity index (χ1n) is 10.5. The van der Waals surface area contributed by atoms with Crippen LogP contribution in [0.25, 0.3) is 11.0 Å². The number of halogens is 1. The summed E-state index contributed by atoms with van der Waals surface area (Å²) in [7, 11) is 2.92. The number of rotatable bonds is 4. The van der Waals surface area contributed by atoms with Gasteiger partial charge in [0.25, 0.3) is 5.91 Å². The van der Waals surface area contributed by atoms with Gasteiger partial charge in [-0.15, -0.1) is 12.4 Å². The van der Waals surface area contributed by atoms with Gasteiger partial charge in [0.1, 0.15) is 5.75 Å². The number of hydrogen-bond acceptors (Lipinski definition) is 5. The van der Waals surface area contributed by atoms with Crippen LogP contribution in [0.5, 0.6) is 5.75 Å². The monoisotopic (exact) mass is 494 g/mol. The zero-order valence-electron chi connectivity index (χ0n) is 19.1. The zero-order valence-corrected chi connectivity index (χ0v) is 20.0. The Kier molecular flexibility index (Phi) is 5.92. The summed E-state index contributed by atoms with van der Waals surface area (Å²) in [5, 5.41) is 21.5. The summed E-state index contributed by atoms with van der Waals surface area (Å²) < 4.78 is 5.37. The molecule has 3 N–H and O–H groups in total. The van der Waals surface area contributed by atoms with E-state index >= 15 is 0 Å². The SMILES string of the molecule is COc1ccc(C)c(N2C(=O)c3ccccc3C2(O)c2ccc3nc(N(C)C(=O)O)[nH]c3c2)c1.Cl. The quantitative estimate of drug-likeness (QED) is 0.390. The molecule has 180 valence electrons. The molecule has 0 radical (unpaired) electrons. The molecule has 3 aromatic carbocycles. The van der Waals surface area contributed by atoms with Crippen LogP contribution >= 0.6 is 12.4 Å². The number of aromatic amines is 1. The number of carbonyl (C=O) groups is 2. The lowest BCUT2D eigenvalue weighted by atomic mass is 9.93. The summed E-state index contributed by atoms with van der Waals surface area (Å²) in [6.45, 7) is 1.86. The average molecular weight is 495 g/mol. The van der Waals surface area contributed by atoms with Gasteiger partial charge in [0, 0.05) is 29.8 Å². The molecule has 35 heavy (non-hydrogen) atoms. The number of hydrogen-bond donors (Lipinski definition) is 3. The van der Waals surface area contributed by atoms with E-state index in [1.807, 2.05) is 13.0 Å². The number of fused-ring (bicyclic) bond motifs is 2. The van der Waals surface area contributed by atoms with Crippen molar-refractivity contribution in [3.8, 4) is 5.75 Å². The number of carboxylic acid groups (broad SMARTS) is 1. The second-order valence-electron chi connectivity index (χ2n) is 8.14. The molecule has 0 saturated heterocycles. The van der Waals surface area contributed by atoms with Crippen LogP contribution in [0.4, 0.5) is 16.4 Å². The van der Waals surface area contributed by atoms with E-state index in [4.69, 9.17) is 4.74 Å². The third-order valence-corrected chi connectivity index (χ3v) is 6.19. The average Bonchev–Trinajstić information content (AvgIpc) is 3.36. The van der Waals surface area contributed by atoms with Crippen molar-refractivity contribution in [1.82, 2.24) is 9.97 Å². The Morgan fingerprint density at radius 1 is 1.14 bits per heavy atom. The first-order chi connectivity index (χ1) is 16.3. The van der Waals surface area contributed by atoms with Crippen molar-refractivity contribution < 1.29 is 24.5 Å². The molecule has 0 bridgehead atoms. The summed E-state index contributed by atoms with van der Waals surface area (Å²) in [6, 6.07) is 17.3. The van der Waals surface area contributed by atoms with E-state index in [2.05, 4.69) is 9.97 Å². The van der Waals surface area contributed by atoms with Crippen LogP contribution in [0, 0.1) is 6.92 Å². The molecule has 0 saturated carbocycles. The van der Waals surface area contributed by atoms with Gasteiger partial charge >= 0.3 is 6.09 Å². The molecule has 1 aliphatic heterocycles. The van der Waals surface area contributed by atoms with Crippen molar-refractivity contribution in [1.29, 1.82) is 0 Å². The van der Waals surface area contributed by atoms with Crippen molar-refractivity contribution in [2.24, 2.45) is 0 Å². The Morgan fingerprint density at radius 3 is 2.60 bits per heavy atom. The Bertz CT molecular complexity index is 1470. The zero-order chi connectivity index (χ0) is 24.2. The molecule has 0 fully saturated rings. The minimum Gasteiger partial charge on any atom is -0.497 e. The Morgan fingerprint density at radius 2 is 1.89 bits per heavy atom. The first kappa shape index (κ1) is 24.1. The topological polar surface area (TPSA) is 119 Å². The lowest BCUT2D eigenvalue weighted by Gasteiger charge is -2.35. The molecule has 1 aromatic heterocycles. The number of H-pyrrole nitrogens is 1. The summed E-state index contributed by atoms with van der Waals surface area (Å²) >= 11 is 0. The number of aliphatic hydroxyl groups is 1. The third kappa shape index (κ3) is 3.56. The minimum absolute atomic E-state index is 0. The highest BCUT2D eigenvalue weighted by Gasteiger charge is 2.51. The van der Waals surface area contributed by atoms with E-state index in [9.17, 15) is 19.8 Å². The molecule has 5 rings (SSSR count). The number of anilines is 2. The second kappa shape index (κ2) is 8.61. The molecule has 1 unspecified atom stereocenters. The van der Waals surface area contributed by atoms with Crippen LogP contribution in [0.2, 0.25) is 0 Å². The van der Waals surface area contributed by atoms with Crippen LogP contribution < -0.4 is 14.5 Å². The number of imidazole rings is 1. The van der Waals surface area contributed by atoms with Crippen LogP contribution in [0.15, 0.2) is 60.7 Å². The number of carbonyl (C=O) groups excluding carboxylic acids is 1. The molecule has 0 aliphatic carbocycles. The predicted molar refractivity (Wildman–Crippen MR) is 134 cm³/mol. The molecule has 0 spiro atoms. The number of amides is 2. The fourth-order valence-electron chi connectivity index (χ4n) is 4.35. The maximum Gasteiger partial charge on any atom is 0.413 e. The fourth-order valence-corrected chi connectivity index (χ4v) is 4.35. The molecule has 1 aliphatic rings. The highest BCUT2D eigenvalue weighted by Crippen LogP contribution is 2.46. The van der Waals surface area contributed by atoms with Gasteiger partial charge in [-0.05, 0) is 36.8 Å². The summed E-state index contributed by atoms with van der Waals surface area (Å²) in [4.78, 5) is 34.6. The molecule has 2 amide bonds. The molecular weight excluding hydrogens is 472 g/mol. The molecule has 4 aromatic rings. The number of aromatic nitrogens is 2. The Hall–Kier alpha value is -4.08. The number of nitrogens with zero attached hydrogens (tertiary/aromatic N) is 3. The number of aryl methyl sites for hydroxylation is 1. The van der Waals surface area contributed by atoms with Crippen molar-refractivity contribution in [3.05, 3.63) is 82.9 Å². The predicted octanol–water partition coefficient (Wildman–Crippen LogP) is 4.27. The number of benzene rings is 3. The Balaban J connectivity index is 0.00000289. The Labute approximate surface area is 207 Å². The van der Waals surface area contributed by atoms with Crippen molar-refractivity contribution >= 4 is 47.1 Å². The highest BCUT2D eigenvalue weighted by molar-refractivity contribution is 6.13. The maximum absolute atomic E-state index is 13.6. The van der Waals surface area contributed by atoms with Crippen LogP contribution in [-0.4, -0.2) is 46.3 Å². The normalized spacial score (nSPS) is 16.7. The maximum atomic E-state index is 13.6. The molecule has 1 atom stereocenters. The van der Waals surface area contributed by atoms with Gasteiger partial charge in [0.05, 0.1) is 23.8 Å². The number of nitrogens with one attached hydrogen (secondary N) is 1. The molecular formula is C25H23ClN4O5. The standard InChI is InChI=1S/C25H22N4O5.ClH/c1-14-8-10-16(34-3)13-21(14)29-22(30)17-6-4-5-7-18(17)25(29,33)15-9-11-19-20(12-15)27-23(26-19)28(2)24(31)32;/h4-13,33H,1-3H3,(H,26,27)(H,31,32);1H. The van der Waals surface area contributed by atoms with E-state index in [1.54, 1.807) is 61.7 Å². The molecule has 9 nitrogen and oxygen atoms in total. The molecule has 2 heterocycles. The lowest BCUT2D eigenvalue weighted by molar-refractivity contribution is 0.0703. The van der Waals surface area contributed by atoms with E-state index in [-0.39, 0.29) is 24.3 Å². The van der Waals surface area contributed by atoms with Gasteiger partial charge in [-0.25, -0.2) is 9.78 Å². The van der Waals surface area contributed by atoms with Gasteiger partial charge in [0.2, 0.25) is 5.95 Å². The van der Waals surface area contributed by atoms with Crippen LogP contribution in [0.1, 0.15) is 27.0 Å². The minimum atomic E-state index is -1.82. The van der Waals surface area contributed by atoms with Crippen molar-refractivity contribution in [3.63, 3.8) is 0 Å². The second-order valence-corrected chi connectivity index (χ2v) is 8.14. The smallest absolute Gasteiger partial charge is 0.413 e. The van der Waals surface area contributed by atoms with E-state index in [1.165, 1.54) is 11.9 Å². The van der Waals surface area contributed by atoms with Crippen molar-refractivity contribution in [2.45, 2.75) is 12.6 Å².